The number of hydrogen-bond donors (Lipinski definition) is 2. The van der Waals surface area contributed by atoms with Gasteiger partial charge in [-0.3, -0.25) is 4.79 Å². The summed E-state index contributed by atoms with van der Waals surface area (Å²) in [5.74, 6) is 1.66. The average Bonchev–Trinajstić information content (AvgIpc) is 3.22. The maximum Gasteiger partial charge on any atom is 0.288 e. The summed E-state index contributed by atoms with van der Waals surface area (Å²) in [6, 6.07) is 0.489. The van der Waals surface area contributed by atoms with E-state index in [1.54, 1.807) is 7.05 Å². The van der Waals surface area contributed by atoms with Crippen LogP contribution < -0.4 is 15.5 Å². The number of hydrogen-bond acceptors (Lipinski definition) is 7. The number of nitrogens with one attached hydrogen (secondary N) is 2. The maximum atomic E-state index is 12.0. The first-order valence-corrected chi connectivity index (χ1v) is 9.32. The van der Waals surface area contributed by atoms with E-state index >= 15 is 0 Å². The molecule has 2 aromatic rings. The minimum absolute atomic E-state index is 0.163. The third-order valence-electron chi connectivity index (χ3n) is 5.29. The largest absolute Gasteiger partial charge is 0.361 e. The van der Waals surface area contributed by atoms with Gasteiger partial charge in [0.1, 0.15) is 11.6 Å². The van der Waals surface area contributed by atoms with Crippen LogP contribution in [-0.2, 0) is 0 Å². The Morgan fingerprint density at radius 3 is 2.59 bits per heavy atom. The molecule has 1 aliphatic rings. The lowest BCUT2D eigenvalue weighted by atomic mass is 10.1. The number of aryl methyl sites for hydroxylation is 3. The van der Waals surface area contributed by atoms with Gasteiger partial charge in [0.2, 0.25) is 5.82 Å². The molecular formula is C19H28N6O2. The lowest BCUT2D eigenvalue weighted by molar-refractivity contribution is 0.0952. The summed E-state index contributed by atoms with van der Waals surface area (Å²) in [5.41, 5.74) is 3.91. The van der Waals surface area contributed by atoms with Crippen molar-refractivity contribution in [2.75, 3.05) is 25.0 Å². The molecule has 2 aromatic heterocycles. The molecule has 27 heavy (non-hydrogen) atoms. The van der Waals surface area contributed by atoms with Crippen molar-refractivity contribution in [1.29, 1.82) is 0 Å². The standard InChI is InChI=1S/C19H28N6O2/c1-10-11(2)22-17(19(26)20-6)23-18(10)25-8-7-15(9-25)21-12(3)16-13(4)24-27-14(16)5/h12,15,21H,7-9H2,1-6H3,(H,20,26)/t12?,15-/m1/s1. The van der Waals surface area contributed by atoms with E-state index in [0.29, 0.717) is 6.04 Å². The summed E-state index contributed by atoms with van der Waals surface area (Å²) in [5, 5.41) is 10.3. The normalized spacial score (nSPS) is 18.0. The van der Waals surface area contributed by atoms with Crippen molar-refractivity contribution in [1.82, 2.24) is 25.8 Å². The lowest BCUT2D eigenvalue weighted by Gasteiger charge is -2.23. The zero-order chi connectivity index (χ0) is 19.7. The molecule has 1 aliphatic heterocycles. The quantitative estimate of drug-likeness (QED) is 0.828. The number of carbonyl (C=O) groups is 1. The van der Waals surface area contributed by atoms with Gasteiger partial charge in [0.15, 0.2) is 0 Å². The highest BCUT2D eigenvalue weighted by Gasteiger charge is 2.28. The summed E-state index contributed by atoms with van der Waals surface area (Å²) in [6.45, 7) is 11.7. The molecule has 0 bridgehead atoms. The van der Waals surface area contributed by atoms with Crippen molar-refractivity contribution < 1.29 is 9.32 Å². The van der Waals surface area contributed by atoms with Gasteiger partial charge in [-0.25, -0.2) is 9.97 Å². The smallest absolute Gasteiger partial charge is 0.288 e. The first kappa shape index (κ1) is 19.3. The van der Waals surface area contributed by atoms with E-state index in [9.17, 15) is 4.79 Å². The number of amides is 1. The molecule has 146 valence electrons. The maximum absolute atomic E-state index is 12.0. The first-order chi connectivity index (χ1) is 12.8. The Kier molecular flexibility index (Phi) is 5.46. The molecule has 8 heteroatoms. The monoisotopic (exact) mass is 372 g/mol. The summed E-state index contributed by atoms with van der Waals surface area (Å²) in [4.78, 5) is 23.0. The third-order valence-corrected chi connectivity index (χ3v) is 5.29. The molecule has 3 rings (SSSR count). The zero-order valence-corrected chi connectivity index (χ0v) is 16.9. The SMILES string of the molecule is CNC(=O)c1nc(C)c(C)c(N2CC[C@@H](NC(C)c3c(C)noc3C)C2)n1. The van der Waals surface area contributed by atoms with Gasteiger partial charge in [-0.05, 0) is 41.0 Å². The van der Waals surface area contributed by atoms with Crippen molar-refractivity contribution in [2.45, 2.75) is 53.1 Å². The van der Waals surface area contributed by atoms with Crippen LogP contribution in [0.4, 0.5) is 5.82 Å². The second-order valence-electron chi connectivity index (χ2n) is 7.22. The Balaban J connectivity index is 1.74. The van der Waals surface area contributed by atoms with E-state index in [-0.39, 0.29) is 17.8 Å². The molecule has 0 spiro atoms. The van der Waals surface area contributed by atoms with Crippen molar-refractivity contribution in [2.24, 2.45) is 0 Å². The summed E-state index contributed by atoms with van der Waals surface area (Å²) >= 11 is 0. The van der Waals surface area contributed by atoms with Gasteiger partial charge in [-0.1, -0.05) is 5.16 Å². The van der Waals surface area contributed by atoms with Crippen LogP contribution in [0.15, 0.2) is 4.52 Å². The highest BCUT2D eigenvalue weighted by molar-refractivity contribution is 5.90. The molecule has 0 aliphatic carbocycles. The average molecular weight is 372 g/mol. The second-order valence-corrected chi connectivity index (χ2v) is 7.22. The van der Waals surface area contributed by atoms with Crippen LogP contribution in [0.1, 0.15) is 58.3 Å². The minimum Gasteiger partial charge on any atom is -0.361 e. The number of anilines is 1. The van der Waals surface area contributed by atoms with Crippen LogP contribution in [0.25, 0.3) is 0 Å². The summed E-state index contributed by atoms with van der Waals surface area (Å²) < 4.78 is 5.29. The minimum atomic E-state index is -0.264. The molecule has 3 heterocycles. The van der Waals surface area contributed by atoms with Crippen molar-refractivity contribution in [3.05, 3.63) is 34.1 Å². The fraction of sp³-hybridized carbons (Fsp3) is 0.579. The highest BCUT2D eigenvalue weighted by atomic mass is 16.5. The van der Waals surface area contributed by atoms with Gasteiger partial charge < -0.3 is 20.1 Å². The Hall–Kier alpha value is -2.48. The van der Waals surface area contributed by atoms with Crippen molar-refractivity contribution in [3.8, 4) is 0 Å². The van der Waals surface area contributed by atoms with Crippen LogP contribution in [-0.4, -0.2) is 47.2 Å². The Labute approximate surface area is 159 Å². The van der Waals surface area contributed by atoms with Gasteiger partial charge in [-0.2, -0.15) is 0 Å². The Morgan fingerprint density at radius 1 is 1.22 bits per heavy atom. The molecule has 1 saturated heterocycles. The predicted octanol–water partition coefficient (Wildman–Crippen LogP) is 1.99. The van der Waals surface area contributed by atoms with Crippen LogP contribution >= 0.6 is 0 Å². The highest BCUT2D eigenvalue weighted by Crippen LogP contribution is 2.26. The Bertz CT molecular complexity index is 827. The molecule has 0 aromatic carbocycles. The fourth-order valence-corrected chi connectivity index (χ4v) is 3.77. The molecule has 1 unspecified atom stereocenters. The predicted molar refractivity (Wildman–Crippen MR) is 103 cm³/mol. The summed E-state index contributed by atoms with van der Waals surface area (Å²) in [6.07, 6.45) is 1.01. The second kappa shape index (κ2) is 7.64. The molecular weight excluding hydrogens is 344 g/mol. The number of aromatic nitrogens is 3. The molecule has 8 nitrogen and oxygen atoms in total. The lowest BCUT2D eigenvalue weighted by Crippen LogP contribution is -2.35. The molecule has 1 amide bonds. The van der Waals surface area contributed by atoms with Gasteiger partial charge in [0, 0.05) is 49.0 Å². The molecule has 1 fully saturated rings. The van der Waals surface area contributed by atoms with E-state index in [0.717, 1.165) is 53.6 Å². The van der Waals surface area contributed by atoms with E-state index in [2.05, 4.69) is 37.6 Å². The first-order valence-electron chi connectivity index (χ1n) is 9.32. The van der Waals surface area contributed by atoms with Crippen LogP contribution in [0.3, 0.4) is 0 Å². The van der Waals surface area contributed by atoms with Gasteiger partial charge in [0.05, 0.1) is 5.69 Å². The fourth-order valence-electron chi connectivity index (χ4n) is 3.77. The van der Waals surface area contributed by atoms with Gasteiger partial charge in [0.25, 0.3) is 5.91 Å². The van der Waals surface area contributed by atoms with Crippen molar-refractivity contribution in [3.63, 3.8) is 0 Å². The number of nitrogens with zero attached hydrogens (tertiary/aromatic N) is 4. The summed E-state index contributed by atoms with van der Waals surface area (Å²) in [7, 11) is 1.59. The van der Waals surface area contributed by atoms with Crippen LogP contribution in [0, 0.1) is 27.7 Å². The molecule has 0 saturated carbocycles. The topological polar surface area (TPSA) is 96.2 Å². The van der Waals surface area contributed by atoms with E-state index < -0.39 is 0 Å². The van der Waals surface area contributed by atoms with E-state index in [4.69, 9.17) is 4.52 Å². The van der Waals surface area contributed by atoms with Gasteiger partial charge >= 0.3 is 0 Å². The Morgan fingerprint density at radius 2 is 1.96 bits per heavy atom. The van der Waals surface area contributed by atoms with E-state index in [1.807, 2.05) is 27.7 Å². The van der Waals surface area contributed by atoms with Crippen LogP contribution in [0.2, 0.25) is 0 Å². The van der Waals surface area contributed by atoms with Crippen molar-refractivity contribution >= 4 is 11.7 Å². The molecule has 0 radical (unpaired) electrons. The molecule has 2 N–H and O–H groups in total. The van der Waals surface area contributed by atoms with Gasteiger partial charge in [-0.15, -0.1) is 0 Å². The molecule has 2 atom stereocenters. The van der Waals surface area contributed by atoms with E-state index in [1.165, 1.54) is 0 Å². The van der Waals surface area contributed by atoms with Crippen LogP contribution in [0.5, 0.6) is 0 Å². The number of rotatable bonds is 5. The zero-order valence-electron chi connectivity index (χ0n) is 16.9. The number of carbonyl (C=O) groups excluding carboxylic acids is 1. The third kappa shape index (κ3) is 3.80.